The third-order valence-corrected chi connectivity index (χ3v) is 11.0. The van der Waals surface area contributed by atoms with Crippen molar-refractivity contribution in [3.05, 3.63) is 55.9 Å². The lowest BCUT2D eigenvalue weighted by molar-refractivity contribution is 0.604. The van der Waals surface area contributed by atoms with E-state index in [1.807, 2.05) is 73.0 Å². The van der Waals surface area contributed by atoms with Gasteiger partial charge in [0.05, 0.1) is 0 Å². The summed E-state index contributed by atoms with van der Waals surface area (Å²) in [4.78, 5) is 8.62. The van der Waals surface area contributed by atoms with Crippen LogP contribution in [0.15, 0.2) is 36.4 Å². The fourth-order valence-corrected chi connectivity index (χ4v) is 8.72. The smallest absolute Gasteiger partial charge is 0.0445 e. The molecule has 1 aromatic carbocycles. The van der Waals surface area contributed by atoms with Crippen LogP contribution in [0.2, 0.25) is 0 Å². The van der Waals surface area contributed by atoms with Crippen LogP contribution in [0.3, 0.4) is 0 Å². The first-order chi connectivity index (χ1) is 19.6. The molecule has 0 bridgehead atoms. The lowest BCUT2D eigenvalue weighted by Crippen LogP contribution is -2.07. The van der Waals surface area contributed by atoms with Gasteiger partial charge in [0.15, 0.2) is 0 Å². The second-order valence-corrected chi connectivity index (χ2v) is 15.3. The third-order valence-electron chi connectivity index (χ3n) is 5.83. The van der Waals surface area contributed by atoms with Crippen LogP contribution in [-0.4, -0.2) is 0 Å². The van der Waals surface area contributed by atoms with E-state index in [1.54, 1.807) is 0 Å². The summed E-state index contributed by atoms with van der Waals surface area (Å²) in [6, 6.07) is 14.3. The summed E-state index contributed by atoms with van der Waals surface area (Å²) in [5.41, 5.74) is 3.10. The molecule has 0 saturated heterocycles. The van der Waals surface area contributed by atoms with Crippen LogP contribution in [0.5, 0.6) is 0 Å². The van der Waals surface area contributed by atoms with Crippen molar-refractivity contribution in [3.8, 4) is 20.9 Å². The number of benzene rings is 1. The van der Waals surface area contributed by atoms with E-state index in [4.69, 9.17) is 0 Å². The van der Waals surface area contributed by atoms with E-state index in [2.05, 4.69) is 106 Å². The van der Waals surface area contributed by atoms with Gasteiger partial charge in [0.2, 0.25) is 0 Å². The Morgan fingerprint density at radius 2 is 1.02 bits per heavy atom. The van der Waals surface area contributed by atoms with Crippen molar-refractivity contribution in [2.24, 2.45) is 0 Å². The van der Waals surface area contributed by atoms with Crippen molar-refractivity contribution in [1.82, 2.24) is 0 Å². The molecule has 5 aromatic rings. The largest absolute Gasteiger partial charge is 0.140 e. The second-order valence-electron chi connectivity index (χ2n) is 10.6. The third kappa shape index (κ3) is 9.26. The maximum absolute atomic E-state index is 2.47. The van der Waals surface area contributed by atoms with Crippen molar-refractivity contribution < 1.29 is 0 Å². The van der Waals surface area contributed by atoms with E-state index in [-0.39, 0.29) is 5.41 Å². The van der Waals surface area contributed by atoms with E-state index >= 15 is 0 Å². The van der Waals surface area contributed by atoms with E-state index < -0.39 is 0 Å². The Bertz CT molecular complexity index is 1430. The minimum atomic E-state index is 0.184. The minimum absolute atomic E-state index is 0.184. The van der Waals surface area contributed by atoms with Gasteiger partial charge in [-0.25, -0.2) is 0 Å². The van der Waals surface area contributed by atoms with Gasteiger partial charge >= 0.3 is 0 Å². The molecular formula is C37H56S4. The number of hydrogen-bond acceptors (Lipinski definition) is 4. The van der Waals surface area contributed by atoms with Crippen molar-refractivity contribution in [1.29, 1.82) is 0 Å². The van der Waals surface area contributed by atoms with Gasteiger partial charge in [0, 0.05) is 60.6 Å². The van der Waals surface area contributed by atoms with Gasteiger partial charge in [-0.1, -0.05) is 103 Å². The van der Waals surface area contributed by atoms with Crippen molar-refractivity contribution in [2.75, 3.05) is 0 Å². The quantitative estimate of drug-likeness (QED) is 0.186. The van der Waals surface area contributed by atoms with Gasteiger partial charge in [0.25, 0.3) is 0 Å². The van der Waals surface area contributed by atoms with Crippen LogP contribution in [-0.2, 0) is 18.3 Å². The summed E-state index contributed by atoms with van der Waals surface area (Å²) < 4.78 is 2.92. The molecule has 4 aromatic heterocycles. The zero-order chi connectivity index (χ0) is 31.3. The Balaban J connectivity index is 0.000000750. The highest BCUT2D eigenvalue weighted by Gasteiger charge is 2.24. The number of rotatable bonds is 4. The monoisotopic (exact) mass is 628 g/mol. The molecule has 41 heavy (non-hydrogen) atoms. The fraction of sp³-hybridized carbons (Fsp3) is 0.514. The summed E-state index contributed by atoms with van der Waals surface area (Å²) in [5, 5.41) is 2.88. The maximum Gasteiger partial charge on any atom is 0.0445 e. The van der Waals surface area contributed by atoms with Gasteiger partial charge in [0.1, 0.15) is 0 Å². The molecule has 0 spiro atoms. The second kappa shape index (κ2) is 18.3. The summed E-state index contributed by atoms with van der Waals surface area (Å²) >= 11 is 7.89. The molecule has 4 heterocycles. The highest BCUT2D eigenvalue weighted by molar-refractivity contribution is 7.23. The molecule has 0 nitrogen and oxygen atoms in total. The number of thiophene rings is 4. The predicted molar refractivity (Wildman–Crippen MR) is 201 cm³/mol. The van der Waals surface area contributed by atoms with Crippen LogP contribution < -0.4 is 0 Å². The first-order valence-electron chi connectivity index (χ1n) is 15.8. The fourth-order valence-electron chi connectivity index (χ4n) is 4.18. The molecule has 0 saturated carbocycles. The van der Waals surface area contributed by atoms with Gasteiger partial charge in [-0.15, -0.1) is 45.3 Å². The van der Waals surface area contributed by atoms with Crippen molar-refractivity contribution in [3.63, 3.8) is 0 Å². The summed E-state index contributed by atoms with van der Waals surface area (Å²) in [5.74, 6) is 0. The predicted octanol–water partition coefficient (Wildman–Crippen LogP) is 15.2. The number of aryl methyl sites for hydroxylation is 3. The lowest BCUT2D eigenvalue weighted by atomic mass is 9.95. The van der Waals surface area contributed by atoms with E-state index in [0.29, 0.717) is 0 Å². The Morgan fingerprint density at radius 3 is 1.49 bits per heavy atom. The molecule has 0 unspecified atom stereocenters. The molecule has 0 atom stereocenters. The normalized spacial score (nSPS) is 10.6. The topological polar surface area (TPSA) is 0 Å². The molecule has 0 aliphatic carbocycles. The summed E-state index contributed by atoms with van der Waals surface area (Å²) in [6.45, 7) is 30.2. The Hall–Kier alpha value is -1.46. The highest BCUT2D eigenvalue weighted by atomic mass is 32.1. The molecule has 4 heteroatoms. The van der Waals surface area contributed by atoms with Gasteiger partial charge in [-0.3, -0.25) is 0 Å². The molecule has 228 valence electrons. The van der Waals surface area contributed by atoms with Gasteiger partial charge in [-0.05, 0) is 61.6 Å². The molecular weight excluding hydrogens is 573 g/mol. The Kier molecular flexibility index (Phi) is 16.7. The van der Waals surface area contributed by atoms with Gasteiger partial charge < -0.3 is 0 Å². The van der Waals surface area contributed by atoms with Gasteiger partial charge in [-0.2, -0.15) is 0 Å². The summed E-state index contributed by atoms with van der Waals surface area (Å²) in [7, 11) is 0. The lowest BCUT2D eigenvalue weighted by Gasteiger charge is -2.15. The Morgan fingerprint density at radius 1 is 0.561 bits per heavy atom. The molecule has 0 radical (unpaired) electrons. The van der Waals surface area contributed by atoms with Crippen LogP contribution in [0.1, 0.15) is 122 Å². The van der Waals surface area contributed by atoms with Crippen molar-refractivity contribution >= 4 is 65.5 Å². The first kappa shape index (κ1) is 37.6. The molecule has 0 amide bonds. The standard InChI is InChI=1S/C27H28S4.2C3H8.2C2H6/c1-7-16-9-10-20(29-16)24-19-14-17(8-2)30-26(19)23(18-13-15(3)28-25(18)24)21-11-12-22(31-21)27(4,5)6;2*1-3-2;2*1-2/h9-14H,7-8H2,1-6H3;2*3H2,1-2H3;2*1-2H3. The Labute approximate surface area is 268 Å². The maximum atomic E-state index is 2.47. The first-order valence-corrected chi connectivity index (χ1v) is 19.1. The highest BCUT2D eigenvalue weighted by Crippen LogP contribution is 2.52. The van der Waals surface area contributed by atoms with Crippen LogP contribution in [0, 0.1) is 6.92 Å². The molecule has 0 fully saturated rings. The minimum Gasteiger partial charge on any atom is -0.140 e. The SMILES string of the molecule is CC.CC.CCC.CCC.CCc1ccc(-c2c3cc(CC)sc3c(-c3ccc(C(C)(C)C)s3)c3cc(C)sc23)s1. The molecule has 0 aliphatic heterocycles. The van der Waals surface area contributed by atoms with Crippen LogP contribution in [0.25, 0.3) is 41.1 Å². The molecule has 5 rings (SSSR count). The summed E-state index contributed by atoms with van der Waals surface area (Å²) in [6.07, 6.45) is 4.69. The van der Waals surface area contributed by atoms with E-state index in [9.17, 15) is 0 Å². The molecule has 0 N–H and O–H groups in total. The van der Waals surface area contributed by atoms with E-state index in [0.717, 1.165) is 12.8 Å². The number of fused-ring (bicyclic) bond motifs is 2. The molecule has 0 aliphatic rings. The van der Waals surface area contributed by atoms with Crippen LogP contribution in [0.4, 0.5) is 0 Å². The zero-order valence-corrected chi connectivity index (χ0v) is 31.7. The zero-order valence-electron chi connectivity index (χ0n) is 28.4. The van der Waals surface area contributed by atoms with Crippen LogP contribution >= 0.6 is 45.3 Å². The van der Waals surface area contributed by atoms with E-state index in [1.165, 1.54) is 73.4 Å². The number of hydrogen-bond donors (Lipinski definition) is 0. The average Bonchev–Trinajstić information content (AvgIpc) is 3.76. The van der Waals surface area contributed by atoms with Crippen molar-refractivity contribution in [2.45, 2.75) is 128 Å². The average molecular weight is 629 g/mol.